The summed E-state index contributed by atoms with van der Waals surface area (Å²) in [5, 5.41) is 12.4. The van der Waals surface area contributed by atoms with Gasteiger partial charge < -0.3 is 4.90 Å². The molecule has 0 amide bonds. The van der Waals surface area contributed by atoms with E-state index in [1.54, 1.807) is 0 Å². The van der Waals surface area contributed by atoms with Crippen LogP contribution in [0.15, 0.2) is 0 Å². The first-order chi connectivity index (χ1) is 7.26. The Hall–Kier alpha value is -1.03. The molecule has 0 aliphatic carbocycles. The van der Waals surface area contributed by atoms with Gasteiger partial charge in [-0.15, -0.1) is 6.42 Å². The van der Waals surface area contributed by atoms with E-state index in [1.807, 2.05) is 0 Å². The maximum Gasteiger partial charge on any atom is 0.109 e. The van der Waals surface area contributed by atoms with Crippen molar-refractivity contribution in [2.45, 2.75) is 31.7 Å². The fourth-order valence-corrected chi connectivity index (χ4v) is 2.02. The summed E-state index contributed by atoms with van der Waals surface area (Å²) in [4.78, 5) is 2.41. The molecule has 0 aromatic rings. The van der Waals surface area contributed by atoms with Crippen LogP contribution in [0, 0.1) is 23.7 Å². The van der Waals surface area contributed by atoms with Gasteiger partial charge in [0.2, 0.25) is 0 Å². The molecule has 1 heterocycles. The van der Waals surface area contributed by atoms with Gasteiger partial charge in [-0.25, -0.2) is 0 Å². The van der Waals surface area contributed by atoms with Gasteiger partial charge in [0.15, 0.2) is 0 Å². The minimum Gasteiger partial charge on any atom is -0.303 e. The van der Waals surface area contributed by atoms with Crippen LogP contribution in [0.1, 0.15) is 26.2 Å². The van der Waals surface area contributed by atoms with E-state index in [1.165, 1.54) is 6.42 Å². The third-order valence-corrected chi connectivity index (χ3v) is 2.99. The minimum atomic E-state index is -0.378. The molecule has 0 bridgehead atoms. The first-order valence-corrected chi connectivity index (χ1v) is 5.58. The van der Waals surface area contributed by atoms with Crippen molar-refractivity contribution in [2.24, 2.45) is 0 Å². The average Bonchev–Trinajstić information content (AvgIpc) is 2.29. The average molecular weight is 205 g/mol. The molecule has 0 spiro atoms. The van der Waals surface area contributed by atoms with Gasteiger partial charge in [-0.1, -0.05) is 12.8 Å². The zero-order chi connectivity index (χ0) is 11.1. The van der Waals surface area contributed by atoms with Crippen molar-refractivity contribution < 1.29 is 0 Å². The molecule has 0 aromatic heterocycles. The molecule has 1 N–H and O–H groups in total. The first kappa shape index (κ1) is 12.0. The lowest BCUT2D eigenvalue weighted by atomic mass is 9.89. The molecule has 15 heavy (non-hydrogen) atoms. The van der Waals surface area contributed by atoms with Crippen LogP contribution in [-0.2, 0) is 0 Å². The summed E-state index contributed by atoms with van der Waals surface area (Å²) in [6.45, 7) is 5.80. The molecule has 1 rings (SSSR count). The summed E-state index contributed by atoms with van der Waals surface area (Å²) >= 11 is 0. The van der Waals surface area contributed by atoms with Crippen molar-refractivity contribution in [3.8, 4) is 18.4 Å². The third-order valence-electron chi connectivity index (χ3n) is 2.99. The second kappa shape index (κ2) is 5.75. The Morgan fingerprint density at radius 2 is 2.13 bits per heavy atom. The summed E-state index contributed by atoms with van der Waals surface area (Å²) in [5.41, 5.74) is -0.378. The molecule has 0 unspecified atom stereocenters. The maximum atomic E-state index is 9.18. The van der Waals surface area contributed by atoms with E-state index in [4.69, 9.17) is 6.42 Å². The Bertz CT molecular complexity index is 264. The Morgan fingerprint density at radius 1 is 1.47 bits per heavy atom. The molecule has 0 atom stereocenters. The lowest BCUT2D eigenvalue weighted by Crippen LogP contribution is -2.52. The molecule has 82 valence electrons. The van der Waals surface area contributed by atoms with Crippen molar-refractivity contribution in [1.82, 2.24) is 10.2 Å². The summed E-state index contributed by atoms with van der Waals surface area (Å²) in [5.74, 6) is 2.53. The van der Waals surface area contributed by atoms with E-state index in [0.29, 0.717) is 6.54 Å². The van der Waals surface area contributed by atoms with Gasteiger partial charge in [0.1, 0.15) is 5.54 Å². The van der Waals surface area contributed by atoms with Gasteiger partial charge in [0.25, 0.3) is 0 Å². The summed E-state index contributed by atoms with van der Waals surface area (Å²) in [7, 11) is 0. The number of nitriles is 1. The lowest BCUT2D eigenvalue weighted by Gasteiger charge is -2.37. The molecule has 1 aliphatic heterocycles. The predicted molar refractivity (Wildman–Crippen MR) is 61.1 cm³/mol. The number of hydrogen-bond acceptors (Lipinski definition) is 3. The van der Waals surface area contributed by atoms with Gasteiger partial charge in [-0.3, -0.25) is 5.32 Å². The van der Waals surface area contributed by atoms with E-state index < -0.39 is 0 Å². The van der Waals surface area contributed by atoms with E-state index >= 15 is 0 Å². The molecule has 1 fully saturated rings. The SMILES string of the molecule is C#CCNC1(C#N)CCN(CCC)CC1. The number of nitrogens with one attached hydrogen (secondary N) is 1. The smallest absolute Gasteiger partial charge is 0.109 e. The van der Waals surface area contributed by atoms with Crippen LogP contribution < -0.4 is 5.32 Å². The first-order valence-electron chi connectivity index (χ1n) is 5.58. The van der Waals surface area contributed by atoms with Crippen LogP contribution in [0.3, 0.4) is 0 Å². The van der Waals surface area contributed by atoms with Gasteiger partial charge >= 0.3 is 0 Å². The predicted octanol–water partition coefficient (Wildman–Crippen LogP) is 0.977. The van der Waals surface area contributed by atoms with Gasteiger partial charge in [0.05, 0.1) is 12.6 Å². The van der Waals surface area contributed by atoms with Crippen LogP contribution in [0.5, 0.6) is 0 Å². The number of hydrogen-bond donors (Lipinski definition) is 1. The largest absolute Gasteiger partial charge is 0.303 e. The number of piperidine rings is 1. The van der Waals surface area contributed by atoms with Crippen molar-refractivity contribution in [3.05, 3.63) is 0 Å². The number of rotatable bonds is 4. The molecule has 3 nitrogen and oxygen atoms in total. The maximum absolute atomic E-state index is 9.18. The van der Waals surface area contributed by atoms with Crippen LogP contribution in [-0.4, -0.2) is 36.6 Å². The molecule has 0 aromatic carbocycles. The highest BCUT2D eigenvalue weighted by atomic mass is 15.1. The summed E-state index contributed by atoms with van der Waals surface area (Å²) < 4.78 is 0. The zero-order valence-corrected chi connectivity index (χ0v) is 9.42. The number of terminal acetylenes is 1. The standard InChI is InChI=1S/C12H19N3/c1-3-7-14-12(11-13)5-9-15(8-4-2)10-6-12/h1,14H,4-10H2,2H3. The quantitative estimate of drug-likeness (QED) is 0.695. The number of likely N-dealkylation sites (tertiary alicyclic amines) is 1. The molecule has 1 aliphatic rings. The Balaban J connectivity index is 2.45. The Kier molecular flexibility index (Phi) is 4.62. The van der Waals surface area contributed by atoms with Crippen LogP contribution >= 0.6 is 0 Å². The molecule has 1 saturated heterocycles. The molecular weight excluding hydrogens is 186 g/mol. The van der Waals surface area contributed by atoms with E-state index in [9.17, 15) is 5.26 Å². The van der Waals surface area contributed by atoms with Crippen LogP contribution in [0.4, 0.5) is 0 Å². The fraction of sp³-hybridized carbons (Fsp3) is 0.750. The minimum absolute atomic E-state index is 0.378. The molecule has 3 heteroatoms. The summed E-state index contributed by atoms with van der Waals surface area (Å²) in [6, 6.07) is 2.38. The lowest BCUT2D eigenvalue weighted by molar-refractivity contribution is 0.170. The molecular formula is C12H19N3. The van der Waals surface area contributed by atoms with Crippen LogP contribution in [0.25, 0.3) is 0 Å². The van der Waals surface area contributed by atoms with Gasteiger partial charge in [0, 0.05) is 13.1 Å². The van der Waals surface area contributed by atoms with Crippen molar-refractivity contribution in [1.29, 1.82) is 5.26 Å². The normalized spacial score (nSPS) is 20.5. The summed E-state index contributed by atoms with van der Waals surface area (Å²) in [6.07, 6.45) is 8.14. The molecule has 0 radical (unpaired) electrons. The Morgan fingerprint density at radius 3 is 2.60 bits per heavy atom. The van der Waals surface area contributed by atoms with Crippen molar-refractivity contribution >= 4 is 0 Å². The van der Waals surface area contributed by atoms with Crippen molar-refractivity contribution in [3.63, 3.8) is 0 Å². The van der Waals surface area contributed by atoms with Gasteiger partial charge in [-0.05, 0) is 25.8 Å². The second-order valence-electron chi connectivity index (χ2n) is 4.09. The number of nitrogens with zero attached hydrogens (tertiary/aromatic N) is 2. The third kappa shape index (κ3) is 3.23. The second-order valence-corrected chi connectivity index (χ2v) is 4.09. The highest BCUT2D eigenvalue weighted by Gasteiger charge is 2.33. The van der Waals surface area contributed by atoms with Gasteiger partial charge in [-0.2, -0.15) is 5.26 Å². The van der Waals surface area contributed by atoms with Crippen molar-refractivity contribution in [2.75, 3.05) is 26.2 Å². The van der Waals surface area contributed by atoms with E-state index in [0.717, 1.165) is 32.5 Å². The van der Waals surface area contributed by atoms with E-state index in [2.05, 4.69) is 29.1 Å². The Labute approximate surface area is 92.4 Å². The highest BCUT2D eigenvalue weighted by Crippen LogP contribution is 2.21. The van der Waals surface area contributed by atoms with Crippen LogP contribution in [0.2, 0.25) is 0 Å². The zero-order valence-electron chi connectivity index (χ0n) is 9.42. The topological polar surface area (TPSA) is 39.1 Å². The van der Waals surface area contributed by atoms with E-state index in [-0.39, 0.29) is 5.54 Å². The fourth-order valence-electron chi connectivity index (χ4n) is 2.02. The highest BCUT2D eigenvalue weighted by molar-refractivity contribution is 5.11. The monoisotopic (exact) mass is 205 g/mol. The molecule has 0 saturated carbocycles.